The van der Waals surface area contributed by atoms with Crippen LogP contribution in [0.3, 0.4) is 0 Å². The van der Waals surface area contributed by atoms with E-state index in [0.717, 1.165) is 61.5 Å². The number of amides is 1. The Morgan fingerprint density at radius 1 is 1.14 bits per heavy atom. The lowest BCUT2D eigenvalue weighted by molar-refractivity contribution is -0.139. The first-order valence-corrected chi connectivity index (χ1v) is 12.8. The molecule has 0 aromatic carbocycles. The molecule has 2 aliphatic heterocycles. The molecule has 0 radical (unpaired) electrons. The smallest absolute Gasteiger partial charge is 0.225 e. The van der Waals surface area contributed by atoms with Gasteiger partial charge in [-0.15, -0.1) is 0 Å². The molecule has 3 fully saturated rings. The van der Waals surface area contributed by atoms with E-state index in [4.69, 9.17) is 10.2 Å². The lowest BCUT2D eigenvalue weighted by Crippen LogP contribution is -2.52. The number of hydrogen-bond donors (Lipinski definition) is 1. The van der Waals surface area contributed by atoms with E-state index in [0.29, 0.717) is 19.0 Å². The normalized spacial score (nSPS) is 24.7. The van der Waals surface area contributed by atoms with E-state index in [1.165, 1.54) is 18.4 Å². The monoisotopic (exact) mass is 469 g/mol. The molecule has 3 aromatic rings. The lowest BCUT2D eigenvalue weighted by Gasteiger charge is -2.40. The minimum absolute atomic E-state index is 0.0419. The second-order valence-electron chi connectivity index (χ2n) is 10.1. The number of piperazine rings is 1. The first-order chi connectivity index (χ1) is 17.2. The molecule has 1 saturated carbocycles. The number of anilines is 1. The topological polar surface area (TPSA) is 89.6 Å². The number of nitrogens with one attached hydrogen (secondary N) is 1. The van der Waals surface area contributed by atoms with Crippen LogP contribution in [0.4, 0.5) is 5.69 Å². The summed E-state index contributed by atoms with van der Waals surface area (Å²) in [6.45, 7) is 5.17. The molecule has 3 aromatic heterocycles. The molecule has 1 atom stereocenters. The molecule has 0 spiro atoms. The summed E-state index contributed by atoms with van der Waals surface area (Å²) in [5, 5.41) is 17.0. The Balaban J connectivity index is 1.16. The minimum atomic E-state index is 0.0419. The molecule has 5 heterocycles. The van der Waals surface area contributed by atoms with E-state index < -0.39 is 0 Å². The van der Waals surface area contributed by atoms with Gasteiger partial charge in [0.1, 0.15) is 0 Å². The maximum Gasteiger partial charge on any atom is 0.225 e. The number of carbonyl (C=O) groups is 1. The molecular weight excluding hydrogens is 438 g/mol. The van der Waals surface area contributed by atoms with Gasteiger partial charge in [0.2, 0.25) is 5.91 Å². The van der Waals surface area contributed by atoms with Gasteiger partial charge in [0.25, 0.3) is 0 Å². The third-order valence-electron chi connectivity index (χ3n) is 7.94. The fourth-order valence-electron chi connectivity index (χ4n) is 5.71. The van der Waals surface area contributed by atoms with Gasteiger partial charge in [0.05, 0.1) is 23.0 Å². The zero-order valence-electron chi connectivity index (χ0n) is 19.9. The van der Waals surface area contributed by atoms with Gasteiger partial charge in [-0.1, -0.05) is 6.07 Å². The number of pyridine rings is 1. The van der Waals surface area contributed by atoms with Crippen molar-refractivity contribution in [2.24, 2.45) is 11.8 Å². The SMILES string of the molecule is N#CC1CC(C(=O)N2CCN(c3ccnn4cc(-c5ccc([C@@H]6CCCNC6)cn5)cc34)CC2)C1. The third kappa shape index (κ3) is 4.25. The summed E-state index contributed by atoms with van der Waals surface area (Å²) in [5.41, 5.74) is 5.52. The Labute approximate surface area is 205 Å². The Hall–Kier alpha value is -3.44. The molecule has 0 bridgehead atoms. The molecule has 6 rings (SSSR count). The number of rotatable bonds is 4. The van der Waals surface area contributed by atoms with Crippen molar-refractivity contribution in [3.63, 3.8) is 0 Å². The largest absolute Gasteiger partial charge is 0.366 e. The van der Waals surface area contributed by atoms with Gasteiger partial charge in [-0.05, 0) is 61.9 Å². The van der Waals surface area contributed by atoms with Crippen LogP contribution >= 0.6 is 0 Å². The standard InChI is InChI=1S/C27H31N7O/c28-15-19-12-22(13-19)27(35)33-10-8-32(9-11-33)25-5-7-31-34-18-23(14-26(25)34)24-4-3-21(17-30-24)20-2-1-6-29-16-20/h3-5,7,14,17-20,22,29H,1-2,6,8-13,16H2/t19?,20-,22?/m1/s1. The van der Waals surface area contributed by atoms with Crippen molar-refractivity contribution >= 4 is 17.1 Å². The summed E-state index contributed by atoms with van der Waals surface area (Å²) in [5.74, 6) is 0.878. The fraction of sp³-hybridized carbons (Fsp3) is 0.481. The second kappa shape index (κ2) is 9.31. The van der Waals surface area contributed by atoms with Crippen LogP contribution in [0, 0.1) is 23.2 Å². The lowest BCUT2D eigenvalue weighted by atomic mass is 9.75. The van der Waals surface area contributed by atoms with Gasteiger partial charge in [0.15, 0.2) is 0 Å². The molecule has 3 aliphatic rings. The molecule has 1 amide bonds. The summed E-state index contributed by atoms with van der Waals surface area (Å²) >= 11 is 0. The number of fused-ring (bicyclic) bond motifs is 1. The van der Waals surface area contributed by atoms with Gasteiger partial charge < -0.3 is 15.1 Å². The van der Waals surface area contributed by atoms with Crippen molar-refractivity contribution in [2.75, 3.05) is 44.2 Å². The van der Waals surface area contributed by atoms with Gasteiger partial charge >= 0.3 is 0 Å². The van der Waals surface area contributed by atoms with Crippen LogP contribution in [0.5, 0.6) is 0 Å². The number of nitrogens with zero attached hydrogens (tertiary/aromatic N) is 6. The molecule has 8 nitrogen and oxygen atoms in total. The Bertz CT molecular complexity index is 1240. The average Bonchev–Trinajstić information content (AvgIpc) is 3.33. The van der Waals surface area contributed by atoms with E-state index in [1.54, 1.807) is 0 Å². The van der Waals surface area contributed by atoms with Crippen LogP contribution in [-0.2, 0) is 4.79 Å². The molecular formula is C27H31N7O. The Kier molecular flexibility index (Phi) is 5.86. The number of carbonyl (C=O) groups excluding carboxylic acids is 1. The van der Waals surface area contributed by atoms with Crippen LogP contribution in [-0.4, -0.2) is 64.7 Å². The van der Waals surface area contributed by atoms with Crippen LogP contribution in [0.2, 0.25) is 0 Å². The highest BCUT2D eigenvalue weighted by Crippen LogP contribution is 2.35. The molecule has 1 N–H and O–H groups in total. The van der Waals surface area contributed by atoms with Crippen molar-refractivity contribution in [1.29, 1.82) is 5.26 Å². The first-order valence-electron chi connectivity index (χ1n) is 12.8. The number of hydrogen-bond acceptors (Lipinski definition) is 6. The predicted octanol–water partition coefficient (Wildman–Crippen LogP) is 3.06. The maximum absolute atomic E-state index is 12.8. The van der Waals surface area contributed by atoms with E-state index in [-0.39, 0.29) is 17.7 Å². The van der Waals surface area contributed by atoms with Crippen molar-refractivity contribution in [2.45, 2.75) is 31.6 Å². The van der Waals surface area contributed by atoms with Crippen molar-refractivity contribution in [3.8, 4) is 17.3 Å². The summed E-state index contributed by atoms with van der Waals surface area (Å²) in [7, 11) is 0. The van der Waals surface area contributed by atoms with E-state index in [1.807, 2.05) is 28.0 Å². The third-order valence-corrected chi connectivity index (χ3v) is 7.94. The number of nitriles is 1. The van der Waals surface area contributed by atoms with Gasteiger partial charge in [0, 0.05) is 68.7 Å². The zero-order chi connectivity index (χ0) is 23.8. The highest BCUT2D eigenvalue weighted by Gasteiger charge is 2.37. The Morgan fingerprint density at radius 2 is 2.00 bits per heavy atom. The summed E-state index contributed by atoms with van der Waals surface area (Å²) < 4.78 is 1.93. The number of aromatic nitrogens is 3. The van der Waals surface area contributed by atoms with Crippen molar-refractivity contribution < 1.29 is 4.79 Å². The predicted molar refractivity (Wildman–Crippen MR) is 134 cm³/mol. The van der Waals surface area contributed by atoms with Gasteiger partial charge in [-0.25, -0.2) is 4.52 Å². The minimum Gasteiger partial charge on any atom is -0.366 e. The zero-order valence-corrected chi connectivity index (χ0v) is 19.9. The quantitative estimate of drug-likeness (QED) is 0.632. The molecule has 2 saturated heterocycles. The van der Waals surface area contributed by atoms with Crippen LogP contribution in [0.25, 0.3) is 16.8 Å². The highest BCUT2D eigenvalue weighted by atomic mass is 16.2. The molecule has 180 valence electrons. The van der Waals surface area contributed by atoms with Crippen molar-refractivity contribution in [1.82, 2.24) is 24.8 Å². The summed E-state index contributed by atoms with van der Waals surface area (Å²) in [6.07, 6.45) is 9.80. The highest BCUT2D eigenvalue weighted by molar-refractivity contribution is 5.81. The summed E-state index contributed by atoms with van der Waals surface area (Å²) in [4.78, 5) is 21.9. The van der Waals surface area contributed by atoms with E-state index >= 15 is 0 Å². The summed E-state index contributed by atoms with van der Waals surface area (Å²) in [6, 6.07) is 10.8. The van der Waals surface area contributed by atoms with Gasteiger partial charge in [-0.3, -0.25) is 9.78 Å². The van der Waals surface area contributed by atoms with Crippen LogP contribution in [0.1, 0.15) is 37.2 Å². The van der Waals surface area contributed by atoms with Crippen molar-refractivity contribution in [3.05, 3.63) is 48.4 Å². The van der Waals surface area contributed by atoms with Crippen LogP contribution < -0.4 is 10.2 Å². The van der Waals surface area contributed by atoms with E-state index in [2.05, 4.69) is 45.7 Å². The second-order valence-corrected chi connectivity index (χ2v) is 10.1. The number of piperidine rings is 1. The molecule has 1 aliphatic carbocycles. The molecule has 35 heavy (non-hydrogen) atoms. The van der Waals surface area contributed by atoms with Crippen LogP contribution in [0.15, 0.2) is 42.9 Å². The van der Waals surface area contributed by atoms with Gasteiger partial charge in [-0.2, -0.15) is 10.4 Å². The fourth-order valence-corrected chi connectivity index (χ4v) is 5.71. The average molecular weight is 470 g/mol. The molecule has 0 unspecified atom stereocenters. The first kappa shape index (κ1) is 22.1. The molecule has 8 heteroatoms. The van der Waals surface area contributed by atoms with E-state index in [9.17, 15) is 4.79 Å². The maximum atomic E-state index is 12.8. The Morgan fingerprint density at radius 3 is 2.71 bits per heavy atom.